The molecule has 0 aliphatic heterocycles. The molecule has 2 N–H and O–H groups in total. The largest absolute Gasteiger partial charge is 0.483 e. The SMILES string of the molecule is Cc1cc(OCC(=O)Nc2ccccc2C(=O)O)c(Br)cc1Cl. The summed E-state index contributed by atoms with van der Waals surface area (Å²) in [4.78, 5) is 23.0. The van der Waals surface area contributed by atoms with Gasteiger partial charge in [-0.25, -0.2) is 4.79 Å². The van der Waals surface area contributed by atoms with Gasteiger partial charge in [0.25, 0.3) is 5.91 Å². The number of aromatic carboxylic acids is 1. The summed E-state index contributed by atoms with van der Waals surface area (Å²) in [6.07, 6.45) is 0. The Morgan fingerprint density at radius 1 is 1.30 bits per heavy atom. The van der Waals surface area contributed by atoms with Crippen molar-refractivity contribution in [2.24, 2.45) is 0 Å². The van der Waals surface area contributed by atoms with E-state index in [2.05, 4.69) is 21.2 Å². The molecule has 0 spiro atoms. The molecule has 0 radical (unpaired) electrons. The fourth-order valence-electron chi connectivity index (χ4n) is 1.85. The van der Waals surface area contributed by atoms with Gasteiger partial charge >= 0.3 is 5.97 Å². The molecule has 2 aromatic carbocycles. The lowest BCUT2D eigenvalue weighted by Gasteiger charge is -2.11. The van der Waals surface area contributed by atoms with Gasteiger partial charge in [-0.3, -0.25) is 4.79 Å². The van der Waals surface area contributed by atoms with Crippen LogP contribution in [-0.2, 0) is 4.79 Å². The third kappa shape index (κ3) is 4.46. The molecule has 0 heterocycles. The van der Waals surface area contributed by atoms with Crippen molar-refractivity contribution < 1.29 is 19.4 Å². The first kappa shape index (κ1) is 17.3. The number of carboxylic acids is 1. The van der Waals surface area contributed by atoms with Crippen LogP contribution in [0.4, 0.5) is 5.69 Å². The number of anilines is 1. The molecule has 0 unspecified atom stereocenters. The van der Waals surface area contributed by atoms with E-state index in [0.717, 1.165) is 5.56 Å². The van der Waals surface area contributed by atoms with Gasteiger partial charge in [-0.1, -0.05) is 23.7 Å². The molecular weight excluding hydrogens is 386 g/mol. The Hall–Kier alpha value is -2.05. The maximum Gasteiger partial charge on any atom is 0.337 e. The monoisotopic (exact) mass is 397 g/mol. The smallest absolute Gasteiger partial charge is 0.337 e. The minimum atomic E-state index is -1.11. The highest BCUT2D eigenvalue weighted by molar-refractivity contribution is 9.10. The molecule has 120 valence electrons. The van der Waals surface area contributed by atoms with Crippen molar-refractivity contribution in [3.05, 3.63) is 57.0 Å². The van der Waals surface area contributed by atoms with Crippen molar-refractivity contribution in [3.63, 3.8) is 0 Å². The first-order valence-electron chi connectivity index (χ1n) is 6.59. The van der Waals surface area contributed by atoms with Crippen LogP contribution in [0.1, 0.15) is 15.9 Å². The molecule has 1 amide bonds. The second kappa shape index (κ2) is 7.48. The van der Waals surface area contributed by atoms with Crippen molar-refractivity contribution >= 4 is 45.1 Å². The number of carbonyl (C=O) groups is 2. The average Bonchev–Trinajstić information content (AvgIpc) is 2.50. The minimum absolute atomic E-state index is 0.0179. The number of halogens is 2. The van der Waals surface area contributed by atoms with Crippen LogP contribution in [0.2, 0.25) is 5.02 Å². The van der Waals surface area contributed by atoms with Crippen molar-refractivity contribution in [1.82, 2.24) is 0 Å². The number of para-hydroxylation sites is 1. The molecule has 0 bridgehead atoms. The van der Waals surface area contributed by atoms with Crippen molar-refractivity contribution in [1.29, 1.82) is 0 Å². The number of aryl methyl sites for hydroxylation is 1. The van der Waals surface area contributed by atoms with E-state index >= 15 is 0 Å². The van der Waals surface area contributed by atoms with Crippen LogP contribution in [0.3, 0.4) is 0 Å². The number of carboxylic acid groups (broad SMARTS) is 1. The topological polar surface area (TPSA) is 75.6 Å². The Morgan fingerprint density at radius 2 is 2.00 bits per heavy atom. The summed E-state index contributed by atoms with van der Waals surface area (Å²) in [6, 6.07) is 9.56. The standard InChI is InChI=1S/C16H13BrClNO4/c1-9-6-14(11(17)7-12(9)18)23-8-15(20)19-13-5-3-2-4-10(13)16(21)22/h2-7H,8H2,1H3,(H,19,20)(H,21,22). The van der Waals surface area contributed by atoms with Gasteiger partial charge in [-0.15, -0.1) is 0 Å². The third-order valence-corrected chi connectivity index (χ3v) is 4.03. The predicted octanol–water partition coefficient (Wildman–Crippen LogP) is 4.13. The average molecular weight is 399 g/mol. The Bertz CT molecular complexity index is 764. The molecule has 23 heavy (non-hydrogen) atoms. The molecule has 5 nitrogen and oxygen atoms in total. The van der Waals surface area contributed by atoms with Gasteiger partial charge in [0.1, 0.15) is 5.75 Å². The number of hydrogen-bond donors (Lipinski definition) is 2. The van der Waals surface area contributed by atoms with E-state index in [4.69, 9.17) is 21.4 Å². The van der Waals surface area contributed by atoms with Crippen molar-refractivity contribution in [3.8, 4) is 5.75 Å². The Kier molecular flexibility index (Phi) is 5.63. The zero-order valence-corrected chi connectivity index (χ0v) is 14.4. The number of nitrogens with one attached hydrogen (secondary N) is 1. The van der Waals surface area contributed by atoms with Gasteiger partial charge in [-0.05, 0) is 52.7 Å². The molecular formula is C16H13BrClNO4. The fourth-order valence-corrected chi connectivity index (χ4v) is 2.60. The van der Waals surface area contributed by atoms with Crippen LogP contribution in [0, 0.1) is 6.92 Å². The number of amides is 1. The molecule has 0 saturated heterocycles. The quantitative estimate of drug-likeness (QED) is 0.794. The van der Waals surface area contributed by atoms with Gasteiger partial charge in [0, 0.05) is 5.02 Å². The van der Waals surface area contributed by atoms with Crippen molar-refractivity contribution in [2.45, 2.75) is 6.92 Å². The van der Waals surface area contributed by atoms with Crippen LogP contribution in [0.5, 0.6) is 5.75 Å². The van der Waals surface area contributed by atoms with Crippen LogP contribution >= 0.6 is 27.5 Å². The summed E-state index contributed by atoms with van der Waals surface area (Å²) in [5.41, 5.74) is 1.06. The van der Waals surface area contributed by atoms with Crippen LogP contribution in [-0.4, -0.2) is 23.6 Å². The zero-order chi connectivity index (χ0) is 17.0. The van der Waals surface area contributed by atoms with E-state index in [0.29, 0.717) is 15.2 Å². The first-order valence-corrected chi connectivity index (χ1v) is 7.76. The van der Waals surface area contributed by atoms with Crippen LogP contribution in [0.15, 0.2) is 40.9 Å². The van der Waals surface area contributed by atoms with E-state index < -0.39 is 11.9 Å². The second-order valence-electron chi connectivity index (χ2n) is 4.72. The van der Waals surface area contributed by atoms with Gasteiger partial charge in [0.2, 0.25) is 0 Å². The number of hydrogen-bond acceptors (Lipinski definition) is 3. The highest BCUT2D eigenvalue weighted by Gasteiger charge is 2.13. The highest BCUT2D eigenvalue weighted by atomic mass is 79.9. The normalized spacial score (nSPS) is 10.2. The minimum Gasteiger partial charge on any atom is -0.483 e. The molecule has 7 heteroatoms. The first-order chi connectivity index (χ1) is 10.9. The maximum atomic E-state index is 12.0. The van der Waals surface area contributed by atoms with E-state index in [9.17, 15) is 9.59 Å². The summed E-state index contributed by atoms with van der Waals surface area (Å²) in [5, 5.41) is 12.2. The molecule has 0 saturated carbocycles. The summed E-state index contributed by atoms with van der Waals surface area (Å²) >= 11 is 9.29. The Morgan fingerprint density at radius 3 is 2.70 bits per heavy atom. The van der Waals surface area contributed by atoms with Crippen molar-refractivity contribution in [2.75, 3.05) is 11.9 Å². The van der Waals surface area contributed by atoms with Gasteiger partial charge in [-0.2, -0.15) is 0 Å². The Balaban J connectivity index is 2.04. The molecule has 2 aromatic rings. The number of ether oxygens (including phenoxy) is 1. The molecule has 0 fully saturated rings. The summed E-state index contributed by atoms with van der Waals surface area (Å²) in [6.45, 7) is 1.57. The lowest BCUT2D eigenvalue weighted by atomic mass is 10.2. The van der Waals surface area contributed by atoms with E-state index in [-0.39, 0.29) is 17.9 Å². The zero-order valence-electron chi connectivity index (χ0n) is 12.1. The van der Waals surface area contributed by atoms with Crippen LogP contribution in [0.25, 0.3) is 0 Å². The summed E-state index contributed by atoms with van der Waals surface area (Å²) in [5.74, 6) is -1.09. The fraction of sp³-hybridized carbons (Fsp3) is 0.125. The molecule has 0 aliphatic carbocycles. The maximum absolute atomic E-state index is 12.0. The number of carbonyl (C=O) groups excluding carboxylic acids is 1. The third-order valence-electron chi connectivity index (χ3n) is 3.00. The Labute approximate surface area is 146 Å². The molecule has 0 aliphatic rings. The highest BCUT2D eigenvalue weighted by Crippen LogP contribution is 2.31. The van der Waals surface area contributed by atoms with E-state index in [1.165, 1.54) is 12.1 Å². The van der Waals surface area contributed by atoms with E-state index in [1.54, 1.807) is 24.3 Å². The molecule has 0 atom stereocenters. The number of benzene rings is 2. The molecule has 0 aromatic heterocycles. The predicted molar refractivity (Wildman–Crippen MR) is 91.4 cm³/mol. The number of rotatable bonds is 5. The lowest BCUT2D eigenvalue weighted by molar-refractivity contribution is -0.118. The second-order valence-corrected chi connectivity index (χ2v) is 5.98. The van der Waals surface area contributed by atoms with Gasteiger partial charge in [0.15, 0.2) is 6.61 Å². The van der Waals surface area contributed by atoms with Gasteiger partial charge < -0.3 is 15.2 Å². The lowest BCUT2D eigenvalue weighted by Crippen LogP contribution is -2.21. The summed E-state index contributed by atoms with van der Waals surface area (Å²) in [7, 11) is 0. The molecule has 2 rings (SSSR count). The van der Waals surface area contributed by atoms with Gasteiger partial charge in [0.05, 0.1) is 15.7 Å². The van der Waals surface area contributed by atoms with Crippen LogP contribution < -0.4 is 10.1 Å². The summed E-state index contributed by atoms with van der Waals surface area (Å²) < 4.78 is 6.07. The van der Waals surface area contributed by atoms with E-state index in [1.807, 2.05) is 6.92 Å².